The number of Topliss-reactive ketones (excluding diaryl/α,β-unsaturated/α-hetero) is 1. The van der Waals surface area contributed by atoms with Crippen LogP contribution >= 0.6 is 15.9 Å². The SMILES string of the molecule is O=C1CC(C(=O)O)CC2=C1C(c1ccc(Br)cc1)NC(=O)N2c1cccc(C(F)(F)F)c1. The number of amides is 2. The zero-order valence-electron chi connectivity index (χ0n) is 16.3. The van der Waals surface area contributed by atoms with Gasteiger partial charge < -0.3 is 10.4 Å². The third-order valence-corrected chi connectivity index (χ3v) is 6.03. The van der Waals surface area contributed by atoms with Crippen molar-refractivity contribution in [2.45, 2.75) is 25.1 Å². The standard InChI is InChI=1S/C22H16BrF3N2O4/c23-14-6-4-11(5-7-14)19-18-16(8-12(20(30)31)9-17(18)29)28(21(32)27-19)15-3-1-2-13(10-15)22(24,25)26/h1-7,10,12,19H,8-9H2,(H,27,32)(H,30,31). The van der Waals surface area contributed by atoms with Gasteiger partial charge in [0, 0.05) is 28.6 Å². The summed E-state index contributed by atoms with van der Waals surface area (Å²) in [6, 6.07) is 9.44. The molecule has 6 nitrogen and oxygen atoms in total. The number of nitrogens with one attached hydrogen (secondary N) is 1. The molecule has 0 bridgehead atoms. The molecule has 0 fully saturated rings. The first kappa shape index (κ1) is 22.1. The molecular weight excluding hydrogens is 493 g/mol. The predicted molar refractivity (Wildman–Crippen MR) is 112 cm³/mol. The van der Waals surface area contributed by atoms with Gasteiger partial charge in [-0.25, -0.2) is 4.79 Å². The topological polar surface area (TPSA) is 86.7 Å². The van der Waals surface area contributed by atoms with Gasteiger partial charge in [-0.05, 0) is 35.9 Å². The quantitative estimate of drug-likeness (QED) is 0.606. The molecule has 0 saturated heterocycles. The number of alkyl halides is 3. The number of hydrogen-bond donors (Lipinski definition) is 2. The lowest BCUT2D eigenvalue weighted by Crippen LogP contribution is -2.51. The Labute approximate surface area is 188 Å². The van der Waals surface area contributed by atoms with Crippen molar-refractivity contribution < 1.29 is 32.7 Å². The number of nitrogens with zero attached hydrogens (tertiary/aromatic N) is 1. The first-order valence-corrected chi connectivity index (χ1v) is 10.4. The van der Waals surface area contributed by atoms with E-state index in [-0.39, 0.29) is 29.8 Å². The van der Waals surface area contributed by atoms with Crippen molar-refractivity contribution in [1.29, 1.82) is 0 Å². The molecule has 0 saturated carbocycles. The van der Waals surface area contributed by atoms with Gasteiger partial charge in [-0.1, -0.05) is 34.1 Å². The molecule has 1 aliphatic heterocycles. The molecule has 2 N–H and O–H groups in total. The van der Waals surface area contributed by atoms with Gasteiger partial charge in [0.05, 0.1) is 23.2 Å². The maximum absolute atomic E-state index is 13.2. The second kappa shape index (κ2) is 8.09. The van der Waals surface area contributed by atoms with Crippen LogP contribution in [0.5, 0.6) is 0 Å². The van der Waals surface area contributed by atoms with E-state index in [4.69, 9.17) is 0 Å². The number of aliphatic carboxylic acids is 1. The number of hydrogen-bond acceptors (Lipinski definition) is 3. The Morgan fingerprint density at radius 2 is 1.78 bits per heavy atom. The zero-order chi connectivity index (χ0) is 23.2. The highest BCUT2D eigenvalue weighted by Gasteiger charge is 2.44. The van der Waals surface area contributed by atoms with Crippen LogP contribution in [0.1, 0.15) is 30.0 Å². The minimum absolute atomic E-state index is 0.0991. The van der Waals surface area contributed by atoms with Crippen molar-refractivity contribution in [2.24, 2.45) is 5.92 Å². The summed E-state index contributed by atoms with van der Waals surface area (Å²) in [5.41, 5.74) is -0.179. The first-order valence-electron chi connectivity index (χ1n) is 9.58. The van der Waals surface area contributed by atoms with Gasteiger partial charge in [0.1, 0.15) is 0 Å². The molecule has 0 radical (unpaired) electrons. The van der Waals surface area contributed by atoms with Crippen LogP contribution in [0.2, 0.25) is 0 Å². The molecule has 4 rings (SSSR count). The summed E-state index contributed by atoms with van der Waals surface area (Å²) in [5, 5.41) is 12.2. The summed E-state index contributed by atoms with van der Waals surface area (Å²) in [7, 11) is 0. The number of carboxylic acid groups (broad SMARTS) is 1. The number of carbonyl (C=O) groups excluding carboxylic acids is 2. The molecule has 1 heterocycles. The minimum Gasteiger partial charge on any atom is -0.481 e. The average molecular weight is 509 g/mol. The molecule has 2 aliphatic rings. The Morgan fingerprint density at radius 3 is 2.41 bits per heavy atom. The maximum atomic E-state index is 13.2. The van der Waals surface area contributed by atoms with Crippen molar-refractivity contribution in [2.75, 3.05) is 4.90 Å². The molecule has 1 aliphatic carbocycles. The molecule has 2 aromatic rings. The highest BCUT2D eigenvalue weighted by molar-refractivity contribution is 9.10. The fourth-order valence-corrected chi connectivity index (χ4v) is 4.27. The summed E-state index contributed by atoms with van der Waals surface area (Å²) in [6.45, 7) is 0. The first-order chi connectivity index (χ1) is 15.1. The van der Waals surface area contributed by atoms with E-state index in [1.165, 1.54) is 6.07 Å². The normalized spacial score (nSPS) is 21.3. The van der Waals surface area contributed by atoms with Crippen LogP contribution in [0.15, 0.2) is 64.3 Å². The third-order valence-electron chi connectivity index (χ3n) is 5.50. The van der Waals surface area contributed by atoms with Crippen LogP contribution in [0.4, 0.5) is 23.7 Å². The number of anilines is 1. The Hall–Kier alpha value is -3.14. The fourth-order valence-electron chi connectivity index (χ4n) is 4.01. The number of ketones is 1. The molecule has 0 spiro atoms. The summed E-state index contributed by atoms with van der Waals surface area (Å²) < 4.78 is 40.5. The number of carboxylic acids is 1. The molecule has 2 amide bonds. The van der Waals surface area contributed by atoms with E-state index in [1.54, 1.807) is 24.3 Å². The summed E-state index contributed by atoms with van der Waals surface area (Å²) in [6.07, 6.45) is -5.05. The van der Waals surface area contributed by atoms with E-state index in [9.17, 15) is 32.7 Å². The van der Waals surface area contributed by atoms with E-state index in [2.05, 4.69) is 21.2 Å². The number of benzene rings is 2. The maximum Gasteiger partial charge on any atom is 0.416 e. The second-order valence-electron chi connectivity index (χ2n) is 7.54. The number of carbonyl (C=O) groups is 3. The summed E-state index contributed by atoms with van der Waals surface area (Å²) in [5.74, 6) is -2.75. The van der Waals surface area contributed by atoms with Crippen LogP contribution < -0.4 is 10.2 Å². The van der Waals surface area contributed by atoms with Gasteiger partial charge in [0.2, 0.25) is 0 Å². The van der Waals surface area contributed by atoms with Crippen molar-refractivity contribution in [1.82, 2.24) is 5.32 Å². The van der Waals surface area contributed by atoms with Crippen LogP contribution in [-0.2, 0) is 15.8 Å². The molecule has 0 aromatic heterocycles. The molecule has 2 atom stereocenters. The van der Waals surface area contributed by atoms with Gasteiger partial charge >= 0.3 is 18.2 Å². The van der Waals surface area contributed by atoms with E-state index in [0.717, 1.165) is 27.6 Å². The van der Waals surface area contributed by atoms with Gasteiger partial charge in [0.15, 0.2) is 5.78 Å². The molecular formula is C22H16BrF3N2O4. The Morgan fingerprint density at radius 1 is 1.09 bits per heavy atom. The summed E-state index contributed by atoms with van der Waals surface area (Å²) >= 11 is 3.32. The highest BCUT2D eigenvalue weighted by atomic mass is 79.9. The average Bonchev–Trinajstić information content (AvgIpc) is 2.73. The van der Waals surface area contributed by atoms with Crippen molar-refractivity contribution in [3.63, 3.8) is 0 Å². The Kier molecular flexibility index (Phi) is 5.58. The van der Waals surface area contributed by atoms with E-state index in [1.807, 2.05) is 0 Å². The fraction of sp³-hybridized carbons (Fsp3) is 0.227. The lowest BCUT2D eigenvalue weighted by molar-refractivity contribution is -0.143. The van der Waals surface area contributed by atoms with E-state index in [0.29, 0.717) is 5.56 Å². The lowest BCUT2D eigenvalue weighted by atomic mass is 9.79. The zero-order valence-corrected chi connectivity index (χ0v) is 17.9. The van der Waals surface area contributed by atoms with Gasteiger partial charge in [-0.2, -0.15) is 13.2 Å². The van der Waals surface area contributed by atoms with Crippen molar-refractivity contribution in [3.8, 4) is 0 Å². The van der Waals surface area contributed by atoms with Crippen LogP contribution in [0.3, 0.4) is 0 Å². The van der Waals surface area contributed by atoms with Crippen molar-refractivity contribution in [3.05, 3.63) is 75.4 Å². The monoisotopic (exact) mass is 508 g/mol. The van der Waals surface area contributed by atoms with Crippen LogP contribution in [0.25, 0.3) is 0 Å². The Balaban J connectivity index is 1.88. The van der Waals surface area contributed by atoms with Gasteiger partial charge in [0.25, 0.3) is 0 Å². The molecule has 166 valence electrons. The van der Waals surface area contributed by atoms with E-state index >= 15 is 0 Å². The summed E-state index contributed by atoms with van der Waals surface area (Å²) in [4.78, 5) is 38.7. The molecule has 32 heavy (non-hydrogen) atoms. The molecule has 2 aromatic carbocycles. The Bertz CT molecular complexity index is 1140. The van der Waals surface area contributed by atoms with Crippen molar-refractivity contribution >= 4 is 39.4 Å². The molecule has 10 heteroatoms. The van der Waals surface area contributed by atoms with Crippen LogP contribution in [-0.4, -0.2) is 22.9 Å². The predicted octanol–water partition coefficient (Wildman–Crippen LogP) is 5.06. The lowest BCUT2D eigenvalue weighted by Gasteiger charge is -2.40. The minimum atomic E-state index is -4.63. The number of urea groups is 1. The van der Waals surface area contributed by atoms with E-state index < -0.39 is 41.5 Å². The largest absolute Gasteiger partial charge is 0.481 e. The van der Waals surface area contributed by atoms with Crippen LogP contribution in [0, 0.1) is 5.92 Å². The number of halogens is 4. The van der Waals surface area contributed by atoms with Gasteiger partial charge in [-0.3, -0.25) is 14.5 Å². The second-order valence-corrected chi connectivity index (χ2v) is 8.46. The number of allylic oxidation sites excluding steroid dienone is 1. The molecule has 2 unspecified atom stereocenters. The highest BCUT2D eigenvalue weighted by Crippen LogP contribution is 2.42. The number of rotatable bonds is 3. The smallest absolute Gasteiger partial charge is 0.416 e. The third kappa shape index (κ3) is 4.02. The van der Waals surface area contributed by atoms with Gasteiger partial charge in [-0.15, -0.1) is 0 Å².